The van der Waals surface area contributed by atoms with Crippen LogP contribution in [0.25, 0.3) is 0 Å². The summed E-state index contributed by atoms with van der Waals surface area (Å²) in [4.78, 5) is 11.6. The molecule has 0 aromatic heterocycles. The van der Waals surface area contributed by atoms with Crippen LogP contribution in [0.3, 0.4) is 0 Å². The van der Waals surface area contributed by atoms with Crippen LogP contribution in [-0.4, -0.2) is 19.5 Å². The van der Waals surface area contributed by atoms with E-state index < -0.39 is 17.7 Å². The minimum atomic E-state index is -0.629. The Morgan fingerprint density at radius 2 is 2.05 bits per heavy atom. The van der Waals surface area contributed by atoms with E-state index >= 15 is 0 Å². The normalized spacial score (nSPS) is 11.6. The van der Waals surface area contributed by atoms with Crippen molar-refractivity contribution in [1.82, 2.24) is 10.6 Å². The number of carbonyl (C=O) groups is 1. The fourth-order valence-corrected chi connectivity index (χ4v) is 1.69. The van der Waals surface area contributed by atoms with Crippen molar-refractivity contribution in [3.8, 4) is 0 Å². The lowest BCUT2D eigenvalue weighted by molar-refractivity contribution is -0.121. The zero-order valence-electron chi connectivity index (χ0n) is 11.0. The predicted molar refractivity (Wildman–Crippen MR) is 73.3 cm³/mol. The van der Waals surface area contributed by atoms with E-state index in [0.29, 0.717) is 24.9 Å². The number of halogens is 3. The van der Waals surface area contributed by atoms with Crippen molar-refractivity contribution in [2.75, 3.05) is 13.6 Å². The zero-order chi connectivity index (χ0) is 13.5. The van der Waals surface area contributed by atoms with Crippen LogP contribution in [0.15, 0.2) is 18.2 Å². The molecule has 1 amide bonds. The average molecular weight is 293 g/mol. The van der Waals surface area contributed by atoms with Crippen molar-refractivity contribution < 1.29 is 13.6 Å². The summed E-state index contributed by atoms with van der Waals surface area (Å²) in [5.74, 6) is -1.40. The standard InChI is InChI=1S/C13H18F2N2O.ClH/c1-3-12(17-13(18)6-7-16-2)10-5-4-9(14)8-11(10)15;/h4-5,8,12,16H,3,6-7H2,1-2H3,(H,17,18);1H. The second kappa shape index (κ2) is 8.82. The van der Waals surface area contributed by atoms with Crippen LogP contribution < -0.4 is 10.6 Å². The number of nitrogens with one attached hydrogen (secondary N) is 2. The van der Waals surface area contributed by atoms with E-state index in [-0.39, 0.29) is 18.3 Å². The van der Waals surface area contributed by atoms with Gasteiger partial charge in [0, 0.05) is 24.6 Å². The lowest BCUT2D eigenvalue weighted by atomic mass is 10.0. The van der Waals surface area contributed by atoms with Gasteiger partial charge in [0.15, 0.2) is 0 Å². The first kappa shape index (κ1) is 17.8. The molecule has 108 valence electrons. The first-order chi connectivity index (χ1) is 8.58. The first-order valence-electron chi connectivity index (χ1n) is 5.97. The quantitative estimate of drug-likeness (QED) is 0.846. The summed E-state index contributed by atoms with van der Waals surface area (Å²) in [7, 11) is 1.75. The fourth-order valence-electron chi connectivity index (χ4n) is 1.69. The van der Waals surface area contributed by atoms with E-state index in [1.165, 1.54) is 12.1 Å². The Morgan fingerprint density at radius 1 is 1.37 bits per heavy atom. The summed E-state index contributed by atoms with van der Waals surface area (Å²) in [6, 6.07) is 2.98. The van der Waals surface area contributed by atoms with E-state index in [2.05, 4.69) is 10.6 Å². The molecule has 0 radical (unpaired) electrons. The van der Waals surface area contributed by atoms with Crippen LogP contribution in [0.5, 0.6) is 0 Å². The van der Waals surface area contributed by atoms with E-state index in [4.69, 9.17) is 0 Å². The second-order valence-corrected chi connectivity index (χ2v) is 4.05. The number of carbonyl (C=O) groups excluding carboxylic acids is 1. The third-order valence-electron chi connectivity index (χ3n) is 2.68. The molecule has 0 spiro atoms. The van der Waals surface area contributed by atoms with Gasteiger partial charge in [-0.15, -0.1) is 12.4 Å². The van der Waals surface area contributed by atoms with Crippen molar-refractivity contribution in [3.63, 3.8) is 0 Å². The summed E-state index contributed by atoms with van der Waals surface area (Å²) in [5, 5.41) is 5.60. The molecule has 2 N–H and O–H groups in total. The van der Waals surface area contributed by atoms with Crippen molar-refractivity contribution in [3.05, 3.63) is 35.4 Å². The summed E-state index contributed by atoms with van der Waals surface area (Å²) in [6.45, 7) is 2.40. The fraction of sp³-hybridized carbons (Fsp3) is 0.462. The van der Waals surface area contributed by atoms with Gasteiger partial charge in [-0.25, -0.2) is 8.78 Å². The Kier molecular flexibility index (Phi) is 8.27. The van der Waals surface area contributed by atoms with Crippen molar-refractivity contribution in [2.45, 2.75) is 25.8 Å². The minimum absolute atomic E-state index is 0. The topological polar surface area (TPSA) is 41.1 Å². The Balaban J connectivity index is 0.00000324. The van der Waals surface area contributed by atoms with E-state index in [1.807, 2.05) is 6.92 Å². The molecule has 0 aliphatic heterocycles. The smallest absolute Gasteiger partial charge is 0.221 e. The molecule has 0 aliphatic rings. The van der Waals surface area contributed by atoms with Crippen molar-refractivity contribution >= 4 is 18.3 Å². The number of rotatable bonds is 6. The largest absolute Gasteiger partial charge is 0.349 e. The van der Waals surface area contributed by atoms with Gasteiger partial charge in [0.1, 0.15) is 11.6 Å². The Morgan fingerprint density at radius 3 is 2.58 bits per heavy atom. The van der Waals surface area contributed by atoms with Gasteiger partial charge in [-0.3, -0.25) is 4.79 Å². The molecule has 6 heteroatoms. The van der Waals surface area contributed by atoms with Crippen LogP contribution in [0.4, 0.5) is 8.78 Å². The molecule has 1 rings (SSSR count). The molecule has 0 saturated heterocycles. The summed E-state index contributed by atoms with van der Waals surface area (Å²) in [6.07, 6.45) is 0.879. The van der Waals surface area contributed by atoms with Crippen LogP contribution in [0.1, 0.15) is 31.4 Å². The van der Waals surface area contributed by atoms with Crippen LogP contribution >= 0.6 is 12.4 Å². The first-order valence-corrected chi connectivity index (χ1v) is 5.97. The van der Waals surface area contributed by atoms with Gasteiger partial charge < -0.3 is 10.6 Å². The summed E-state index contributed by atoms with van der Waals surface area (Å²) < 4.78 is 26.4. The van der Waals surface area contributed by atoms with E-state index in [1.54, 1.807) is 7.05 Å². The Bertz CT molecular complexity index is 416. The van der Waals surface area contributed by atoms with Gasteiger partial charge in [-0.1, -0.05) is 13.0 Å². The molecule has 0 aliphatic carbocycles. The number of benzene rings is 1. The zero-order valence-corrected chi connectivity index (χ0v) is 11.8. The lowest BCUT2D eigenvalue weighted by Gasteiger charge is -2.18. The van der Waals surface area contributed by atoms with Gasteiger partial charge in [0.25, 0.3) is 0 Å². The summed E-state index contributed by atoms with van der Waals surface area (Å²) in [5.41, 5.74) is 0.316. The lowest BCUT2D eigenvalue weighted by Crippen LogP contribution is -2.30. The van der Waals surface area contributed by atoms with Gasteiger partial charge in [0.05, 0.1) is 6.04 Å². The minimum Gasteiger partial charge on any atom is -0.349 e. The second-order valence-electron chi connectivity index (χ2n) is 4.05. The highest BCUT2D eigenvalue weighted by Gasteiger charge is 2.16. The van der Waals surface area contributed by atoms with Gasteiger partial charge in [-0.2, -0.15) is 0 Å². The molecule has 1 aromatic rings. The molecule has 19 heavy (non-hydrogen) atoms. The maximum atomic E-state index is 13.6. The maximum Gasteiger partial charge on any atom is 0.221 e. The average Bonchev–Trinajstić information content (AvgIpc) is 2.34. The molecule has 3 nitrogen and oxygen atoms in total. The summed E-state index contributed by atoms with van der Waals surface area (Å²) >= 11 is 0. The Hall–Kier alpha value is -1.20. The molecule has 1 unspecified atom stereocenters. The van der Waals surface area contributed by atoms with Gasteiger partial charge in [0.2, 0.25) is 5.91 Å². The molecule has 1 aromatic carbocycles. The van der Waals surface area contributed by atoms with Crippen molar-refractivity contribution in [2.24, 2.45) is 0 Å². The molecule has 0 fully saturated rings. The van der Waals surface area contributed by atoms with Gasteiger partial charge in [-0.05, 0) is 19.5 Å². The molecular formula is C13H19ClF2N2O. The monoisotopic (exact) mass is 292 g/mol. The molecule has 0 heterocycles. The number of hydrogen-bond donors (Lipinski definition) is 2. The van der Waals surface area contributed by atoms with Crippen LogP contribution in [0.2, 0.25) is 0 Å². The highest BCUT2D eigenvalue weighted by molar-refractivity contribution is 5.85. The van der Waals surface area contributed by atoms with Crippen LogP contribution in [0, 0.1) is 11.6 Å². The number of hydrogen-bond acceptors (Lipinski definition) is 2. The molecule has 1 atom stereocenters. The SMILES string of the molecule is CCC(NC(=O)CCNC)c1ccc(F)cc1F.Cl. The molecular weight excluding hydrogens is 274 g/mol. The predicted octanol–water partition coefficient (Wildman–Crippen LogP) is 2.56. The molecule has 0 saturated carbocycles. The highest BCUT2D eigenvalue weighted by Crippen LogP contribution is 2.20. The van der Waals surface area contributed by atoms with E-state index in [9.17, 15) is 13.6 Å². The van der Waals surface area contributed by atoms with Crippen molar-refractivity contribution in [1.29, 1.82) is 0 Å². The van der Waals surface area contributed by atoms with E-state index in [0.717, 1.165) is 6.07 Å². The third kappa shape index (κ3) is 5.53. The molecule has 0 bridgehead atoms. The van der Waals surface area contributed by atoms with Gasteiger partial charge >= 0.3 is 0 Å². The highest BCUT2D eigenvalue weighted by atomic mass is 35.5. The Labute approximate surface area is 118 Å². The van der Waals surface area contributed by atoms with Crippen LogP contribution in [-0.2, 0) is 4.79 Å². The third-order valence-corrected chi connectivity index (χ3v) is 2.68. The number of amides is 1. The maximum absolute atomic E-state index is 13.6.